The number of ether oxygens (including phenoxy) is 1. The molecular weight excluding hydrogens is 929 g/mol. The smallest absolute Gasteiger partial charge is 0.319 e. The Morgan fingerprint density at radius 1 is 0.849 bits per heavy atom. The van der Waals surface area contributed by atoms with E-state index in [1.165, 1.54) is 31.7 Å². The van der Waals surface area contributed by atoms with Crippen molar-refractivity contribution in [1.82, 2.24) is 40.3 Å². The summed E-state index contributed by atoms with van der Waals surface area (Å²) in [7, 11) is 0. The third-order valence-electron chi connectivity index (χ3n) is 18.1. The maximum atomic E-state index is 17.3. The summed E-state index contributed by atoms with van der Waals surface area (Å²) in [4.78, 5) is 63.6. The van der Waals surface area contributed by atoms with Gasteiger partial charge in [0.2, 0.25) is 11.8 Å². The first-order valence-corrected chi connectivity index (χ1v) is 26.9. The maximum absolute atomic E-state index is 17.3. The molecule has 2 aromatic heterocycles. The zero-order valence-corrected chi connectivity index (χ0v) is 41.7. The Morgan fingerprint density at radius 3 is 2.37 bits per heavy atom. The summed E-state index contributed by atoms with van der Waals surface area (Å²) in [6.07, 6.45) is 12.1. The standard InChI is InChI=1S/C56H65F2N11O4/c1-2-40-44(57)8-3-34-21-36(59)23-42(47(34)40)49-48(58)50-43(26-60-49)51(68-29-37-4-5-38(30-68)61-37)64-54(63-50)73-32-56(11-12-56)31-66-15-13-55(14-16-66)24-33(25-55)27-65-17-19-67(20-18-65)39-6-7-41-35(22-39)28-69(53(41)72)45-9-10-46(70)62-52(45)71/h3,6-8,21-23,26,33,37-38,45,61H,2,4-5,9-20,24-25,27-32,59H2,1H3,(H,62,70,71)/t37?,38?,45-/m0/s1. The summed E-state index contributed by atoms with van der Waals surface area (Å²) in [5.41, 5.74) is 11.2. The number of carbonyl (C=O) groups is 3. The molecule has 5 saturated heterocycles. The fourth-order valence-electron chi connectivity index (χ4n) is 14.0. The van der Waals surface area contributed by atoms with Gasteiger partial charge in [-0.05, 0) is 147 Å². The van der Waals surface area contributed by atoms with E-state index >= 15 is 8.78 Å². The van der Waals surface area contributed by atoms with Gasteiger partial charge < -0.3 is 35.4 Å². The maximum Gasteiger partial charge on any atom is 0.319 e. The lowest BCUT2D eigenvalue weighted by molar-refractivity contribution is -0.136. The number of hydrogen-bond donors (Lipinski definition) is 3. The Balaban J connectivity index is 0.627. The highest BCUT2D eigenvalue weighted by atomic mass is 19.1. The number of aryl methyl sites for hydroxylation is 1. The molecule has 2 unspecified atom stereocenters. The number of nitrogen functional groups attached to an aromatic ring is 1. The number of carbonyl (C=O) groups excluding carboxylic acids is 3. The second kappa shape index (κ2) is 18.1. The first kappa shape index (κ1) is 46.7. The van der Waals surface area contributed by atoms with Crippen LogP contribution in [0.2, 0.25) is 0 Å². The van der Waals surface area contributed by atoms with Gasteiger partial charge >= 0.3 is 6.01 Å². The van der Waals surface area contributed by atoms with Crippen LogP contribution in [0.4, 0.5) is 26.0 Å². The molecule has 3 aromatic carbocycles. The topological polar surface area (TPSA) is 165 Å². The van der Waals surface area contributed by atoms with Crippen molar-refractivity contribution in [2.75, 3.05) is 87.6 Å². The van der Waals surface area contributed by atoms with Crippen molar-refractivity contribution in [2.45, 2.75) is 102 Å². The van der Waals surface area contributed by atoms with E-state index in [4.69, 9.17) is 25.4 Å². The highest BCUT2D eigenvalue weighted by Crippen LogP contribution is 2.54. The molecule has 3 atom stereocenters. The lowest BCUT2D eigenvalue weighted by Crippen LogP contribution is -2.53. The Labute approximate surface area is 424 Å². The fourth-order valence-corrected chi connectivity index (χ4v) is 14.0. The molecule has 1 spiro atoms. The molecule has 5 aromatic rings. The van der Waals surface area contributed by atoms with Gasteiger partial charge in [-0.25, -0.2) is 8.78 Å². The van der Waals surface area contributed by atoms with Crippen LogP contribution in [0.3, 0.4) is 0 Å². The average Bonchev–Trinajstić information content (AvgIpc) is 3.96. The molecule has 0 radical (unpaired) electrons. The summed E-state index contributed by atoms with van der Waals surface area (Å²) < 4.78 is 39.1. The second-order valence-electron chi connectivity index (χ2n) is 23.0. The molecule has 2 bridgehead atoms. The van der Waals surface area contributed by atoms with Crippen LogP contribution in [0, 0.1) is 28.4 Å². The van der Waals surface area contributed by atoms with Crippen LogP contribution < -0.4 is 30.9 Å². The third kappa shape index (κ3) is 8.62. The van der Waals surface area contributed by atoms with E-state index in [1.54, 1.807) is 29.3 Å². The predicted octanol–water partition coefficient (Wildman–Crippen LogP) is 6.44. The molecular formula is C56H65F2N11O4. The SMILES string of the molecule is CCc1c(F)ccc2cc(N)cc(-c3ncc4c(N5CC6CCC(C5)N6)nc(OCC5(CN6CCC7(CC6)CC(CN6CCN(c8ccc9c(c8)CN([C@H]8CCC(=O)NC8=O)C9=O)CC6)C7)CC5)nc4c3F)c12. The van der Waals surface area contributed by atoms with E-state index in [0.717, 1.165) is 114 Å². The highest BCUT2D eigenvalue weighted by Gasteiger charge is 2.50. The normalized spacial score (nSPS) is 24.9. The third-order valence-corrected chi connectivity index (χ3v) is 18.1. The molecule has 2 saturated carbocycles. The van der Waals surface area contributed by atoms with Crippen molar-refractivity contribution >= 4 is 56.6 Å². The van der Waals surface area contributed by atoms with Crippen molar-refractivity contribution in [3.05, 3.63) is 77.0 Å². The minimum Gasteiger partial charge on any atom is -0.463 e. The van der Waals surface area contributed by atoms with Crippen molar-refractivity contribution < 1.29 is 27.9 Å². The number of nitrogens with one attached hydrogen (secondary N) is 2. The van der Waals surface area contributed by atoms with Gasteiger partial charge in [0.15, 0.2) is 5.82 Å². The highest BCUT2D eigenvalue weighted by molar-refractivity contribution is 6.06. The Bertz CT molecular complexity index is 3040. The summed E-state index contributed by atoms with van der Waals surface area (Å²) >= 11 is 0. The number of nitrogens with zero attached hydrogens (tertiary/aromatic N) is 8. The largest absolute Gasteiger partial charge is 0.463 e. The van der Waals surface area contributed by atoms with Gasteiger partial charge in [-0.15, -0.1) is 0 Å². The van der Waals surface area contributed by atoms with Gasteiger partial charge in [-0.1, -0.05) is 13.0 Å². The Hall–Kier alpha value is -6.04. The van der Waals surface area contributed by atoms with E-state index in [2.05, 4.69) is 36.3 Å². The molecule has 2 aliphatic carbocycles. The minimum atomic E-state index is -0.603. The summed E-state index contributed by atoms with van der Waals surface area (Å²) in [5, 5.41) is 7.96. The number of piperidine rings is 2. The molecule has 7 fully saturated rings. The number of fused-ring (bicyclic) bond motifs is 5. The molecule has 6 aliphatic heterocycles. The van der Waals surface area contributed by atoms with Gasteiger partial charge in [0.25, 0.3) is 5.91 Å². The molecule has 4 N–H and O–H groups in total. The van der Waals surface area contributed by atoms with Crippen LogP contribution >= 0.6 is 0 Å². The molecule has 8 aliphatic rings. The second-order valence-corrected chi connectivity index (χ2v) is 23.0. The average molecular weight is 994 g/mol. The number of rotatable bonds is 12. The van der Waals surface area contributed by atoms with Gasteiger partial charge in [0, 0.05) is 112 Å². The lowest BCUT2D eigenvalue weighted by Gasteiger charge is -2.54. The number of piperazine rings is 2. The van der Waals surface area contributed by atoms with Crippen LogP contribution in [-0.2, 0) is 22.6 Å². The number of benzene rings is 3. The van der Waals surface area contributed by atoms with Crippen molar-refractivity contribution in [1.29, 1.82) is 0 Å². The minimum absolute atomic E-state index is 0.0118. The van der Waals surface area contributed by atoms with Crippen LogP contribution in [0.25, 0.3) is 32.9 Å². The van der Waals surface area contributed by atoms with Crippen molar-refractivity contribution in [2.24, 2.45) is 16.7 Å². The van der Waals surface area contributed by atoms with Crippen molar-refractivity contribution in [3.63, 3.8) is 0 Å². The number of imide groups is 1. The van der Waals surface area contributed by atoms with Gasteiger partial charge in [0.1, 0.15) is 28.9 Å². The van der Waals surface area contributed by atoms with Crippen LogP contribution in [0.1, 0.15) is 92.6 Å². The number of halogens is 2. The number of hydrogen-bond acceptors (Lipinski definition) is 13. The first-order chi connectivity index (χ1) is 35.4. The summed E-state index contributed by atoms with van der Waals surface area (Å²) in [5.74, 6) is -0.362. The quantitative estimate of drug-likeness (QED) is 0.0925. The van der Waals surface area contributed by atoms with E-state index in [9.17, 15) is 14.4 Å². The van der Waals surface area contributed by atoms with Gasteiger partial charge in [0.05, 0.1) is 12.0 Å². The molecule has 15 nitrogen and oxygen atoms in total. The molecule has 13 rings (SSSR count). The predicted molar refractivity (Wildman–Crippen MR) is 275 cm³/mol. The number of nitrogens with two attached hydrogens (primary N) is 1. The molecule has 17 heteroatoms. The number of pyridine rings is 1. The summed E-state index contributed by atoms with van der Waals surface area (Å²) in [6.45, 7) is 12.5. The fraction of sp³-hybridized carbons (Fsp3) is 0.536. The zero-order chi connectivity index (χ0) is 49.8. The van der Waals surface area contributed by atoms with E-state index in [0.29, 0.717) is 82.5 Å². The van der Waals surface area contributed by atoms with Crippen molar-refractivity contribution in [3.8, 4) is 17.3 Å². The Morgan fingerprint density at radius 2 is 1.63 bits per heavy atom. The first-order valence-electron chi connectivity index (χ1n) is 26.9. The van der Waals surface area contributed by atoms with Crippen LogP contribution in [0.5, 0.6) is 6.01 Å². The Kier molecular flexibility index (Phi) is 11.6. The monoisotopic (exact) mass is 994 g/mol. The van der Waals surface area contributed by atoms with E-state index < -0.39 is 11.9 Å². The van der Waals surface area contributed by atoms with Gasteiger partial charge in [-0.3, -0.25) is 29.6 Å². The molecule has 3 amide bonds. The summed E-state index contributed by atoms with van der Waals surface area (Å²) in [6, 6.07) is 12.9. The lowest BCUT2D eigenvalue weighted by atomic mass is 9.57. The van der Waals surface area contributed by atoms with E-state index in [1.807, 2.05) is 19.1 Å². The molecule has 8 heterocycles. The number of amides is 3. The van der Waals surface area contributed by atoms with Gasteiger partial charge in [-0.2, -0.15) is 9.97 Å². The number of likely N-dealkylation sites (tertiary alicyclic amines) is 1. The molecule has 382 valence electrons. The number of anilines is 3. The van der Waals surface area contributed by atoms with E-state index in [-0.39, 0.29) is 52.6 Å². The zero-order valence-electron chi connectivity index (χ0n) is 41.7. The molecule has 73 heavy (non-hydrogen) atoms. The number of aromatic nitrogens is 3. The van der Waals surface area contributed by atoms with Crippen LogP contribution in [0.15, 0.2) is 48.7 Å². The van der Waals surface area contributed by atoms with Crippen LogP contribution in [-0.4, -0.2) is 138 Å².